The molecule has 0 saturated heterocycles. The van der Waals surface area contributed by atoms with Gasteiger partial charge < -0.3 is 0 Å². The van der Waals surface area contributed by atoms with Crippen LogP contribution in [0.4, 0.5) is 4.39 Å². The van der Waals surface area contributed by atoms with Crippen molar-refractivity contribution in [3.63, 3.8) is 0 Å². The van der Waals surface area contributed by atoms with Crippen LogP contribution in [0.3, 0.4) is 0 Å². The molecule has 1 heterocycles. The van der Waals surface area contributed by atoms with Gasteiger partial charge in [0.05, 0.1) is 9.50 Å². The summed E-state index contributed by atoms with van der Waals surface area (Å²) in [5.41, 5.74) is 2.42. The van der Waals surface area contributed by atoms with Crippen LogP contribution in [0.1, 0.15) is 12.6 Å². The Labute approximate surface area is 106 Å². The van der Waals surface area contributed by atoms with Crippen LogP contribution >= 0.6 is 27.5 Å². The second-order valence-electron chi connectivity index (χ2n) is 3.34. The van der Waals surface area contributed by atoms with Gasteiger partial charge in [0.1, 0.15) is 11.5 Å². The van der Waals surface area contributed by atoms with Crippen LogP contribution in [-0.4, -0.2) is 10.2 Å². The van der Waals surface area contributed by atoms with Gasteiger partial charge in [-0.25, -0.2) is 4.39 Å². The second kappa shape index (κ2) is 4.55. The van der Waals surface area contributed by atoms with Crippen LogP contribution in [0.2, 0.25) is 5.02 Å². The first-order valence-corrected chi connectivity index (χ1v) is 5.98. The van der Waals surface area contributed by atoms with Crippen molar-refractivity contribution in [3.05, 3.63) is 39.2 Å². The number of rotatable bonds is 2. The first-order chi connectivity index (χ1) is 7.63. The van der Waals surface area contributed by atoms with Crippen molar-refractivity contribution in [1.29, 1.82) is 0 Å². The maximum Gasteiger partial charge on any atom is 0.124 e. The maximum absolute atomic E-state index is 12.9. The molecule has 84 valence electrons. The Hall–Kier alpha value is -0.870. The molecule has 1 aromatic carbocycles. The molecular formula is C11H9BrClFN2. The monoisotopic (exact) mass is 302 g/mol. The summed E-state index contributed by atoms with van der Waals surface area (Å²) in [5, 5.41) is 7.44. The SMILES string of the molecule is CCc1[nH]nc(-c2ccc(F)cc2Cl)c1Br. The maximum atomic E-state index is 12.9. The van der Waals surface area contributed by atoms with Gasteiger partial charge >= 0.3 is 0 Å². The lowest BCUT2D eigenvalue weighted by atomic mass is 10.1. The summed E-state index contributed by atoms with van der Waals surface area (Å²) < 4.78 is 13.8. The minimum absolute atomic E-state index is 0.351. The molecule has 2 nitrogen and oxygen atoms in total. The standard InChI is InChI=1S/C11H9BrClFN2/c1-2-9-10(12)11(16-15-9)7-4-3-6(14)5-8(7)13/h3-5H,2H2,1H3,(H,15,16). The van der Waals surface area contributed by atoms with E-state index in [0.29, 0.717) is 16.3 Å². The molecule has 1 N–H and O–H groups in total. The molecule has 0 amide bonds. The van der Waals surface area contributed by atoms with Gasteiger partial charge in [0, 0.05) is 11.3 Å². The molecule has 0 bridgehead atoms. The minimum Gasteiger partial charge on any atom is -0.281 e. The summed E-state index contributed by atoms with van der Waals surface area (Å²) in [6.45, 7) is 2.02. The average Bonchev–Trinajstić information content (AvgIpc) is 2.60. The van der Waals surface area contributed by atoms with Crippen molar-refractivity contribution in [1.82, 2.24) is 10.2 Å². The molecule has 0 aliphatic rings. The van der Waals surface area contributed by atoms with Crippen molar-refractivity contribution in [2.45, 2.75) is 13.3 Å². The number of aryl methyl sites for hydroxylation is 1. The Balaban J connectivity index is 2.54. The summed E-state index contributed by atoms with van der Waals surface area (Å²) in [7, 11) is 0. The highest BCUT2D eigenvalue weighted by Gasteiger charge is 2.14. The summed E-state index contributed by atoms with van der Waals surface area (Å²) in [6.07, 6.45) is 0.840. The molecule has 0 atom stereocenters. The van der Waals surface area contributed by atoms with E-state index in [1.165, 1.54) is 12.1 Å². The van der Waals surface area contributed by atoms with Crippen molar-refractivity contribution < 1.29 is 4.39 Å². The van der Waals surface area contributed by atoms with Crippen LogP contribution < -0.4 is 0 Å². The zero-order valence-corrected chi connectivity index (χ0v) is 10.9. The molecule has 2 rings (SSSR count). The summed E-state index contributed by atoms with van der Waals surface area (Å²) in [6, 6.07) is 4.27. The Morgan fingerprint density at radius 1 is 1.50 bits per heavy atom. The predicted molar refractivity (Wildman–Crippen MR) is 66.1 cm³/mol. The normalized spacial score (nSPS) is 10.8. The Morgan fingerprint density at radius 3 is 2.81 bits per heavy atom. The molecule has 0 spiro atoms. The van der Waals surface area contributed by atoms with Crippen LogP contribution in [0.15, 0.2) is 22.7 Å². The van der Waals surface area contributed by atoms with Gasteiger partial charge in [0.25, 0.3) is 0 Å². The minimum atomic E-state index is -0.351. The highest BCUT2D eigenvalue weighted by Crippen LogP contribution is 2.33. The molecule has 5 heteroatoms. The van der Waals surface area contributed by atoms with E-state index in [0.717, 1.165) is 16.6 Å². The summed E-state index contributed by atoms with van der Waals surface area (Å²) in [5.74, 6) is -0.351. The summed E-state index contributed by atoms with van der Waals surface area (Å²) in [4.78, 5) is 0. The lowest BCUT2D eigenvalue weighted by molar-refractivity contribution is 0.628. The number of nitrogens with zero attached hydrogens (tertiary/aromatic N) is 1. The van der Waals surface area contributed by atoms with E-state index >= 15 is 0 Å². The molecule has 0 saturated carbocycles. The molecule has 0 unspecified atom stereocenters. The Kier molecular flexibility index (Phi) is 3.30. The van der Waals surface area contributed by atoms with E-state index in [4.69, 9.17) is 11.6 Å². The van der Waals surface area contributed by atoms with Gasteiger partial charge in [-0.3, -0.25) is 5.10 Å². The van der Waals surface area contributed by atoms with Gasteiger partial charge in [-0.2, -0.15) is 5.10 Å². The fourth-order valence-corrected chi connectivity index (χ4v) is 2.39. The molecule has 0 radical (unpaired) electrons. The highest BCUT2D eigenvalue weighted by atomic mass is 79.9. The quantitative estimate of drug-likeness (QED) is 0.885. The number of halogens is 3. The molecule has 0 aliphatic carbocycles. The van der Waals surface area contributed by atoms with Crippen molar-refractivity contribution >= 4 is 27.5 Å². The number of nitrogens with one attached hydrogen (secondary N) is 1. The lowest BCUT2D eigenvalue weighted by Gasteiger charge is -2.01. The van der Waals surface area contributed by atoms with Crippen molar-refractivity contribution in [2.24, 2.45) is 0 Å². The highest BCUT2D eigenvalue weighted by molar-refractivity contribution is 9.10. The van der Waals surface area contributed by atoms with Gasteiger partial charge in [-0.1, -0.05) is 18.5 Å². The van der Waals surface area contributed by atoms with E-state index in [9.17, 15) is 4.39 Å². The van der Waals surface area contributed by atoms with Gasteiger partial charge in [-0.15, -0.1) is 0 Å². The zero-order chi connectivity index (χ0) is 11.7. The molecule has 0 fully saturated rings. The fraction of sp³-hybridized carbons (Fsp3) is 0.182. The van der Waals surface area contributed by atoms with Crippen molar-refractivity contribution in [2.75, 3.05) is 0 Å². The summed E-state index contributed by atoms with van der Waals surface area (Å²) >= 11 is 9.43. The second-order valence-corrected chi connectivity index (χ2v) is 4.54. The number of aromatic nitrogens is 2. The van der Waals surface area contributed by atoms with Gasteiger partial charge in [0.2, 0.25) is 0 Å². The van der Waals surface area contributed by atoms with Gasteiger partial charge in [0.15, 0.2) is 0 Å². The lowest BCUT2D eigenvalue weighted by Crippen LogP contribution is -1.83. The first kappa shape index (κ1) is 11.6. The van der Waals surface area contributed by atoms with E-state index in [1.54, 1.807) is 6.07 Å². The number of hydrogen-bond acceptors (Lipinski definition) is 1. The van der Waals surface area contributed by atoms with Crippen molar-refractivity contribution in [3.8, 4) is 11.3 Å². The molecule has 1 aromatic heterocycles. The van der Waals surface area contributed by atoms with Crippen LogP contribution in [-0.2, 0) is 6.42 Å². The fourth-order valence-electron chi connectivity index (χ4n) is 1.46. The third-order valence-electron chi connectivity index (χ3n) is 2.32. The van der Waals surface area contributed by atoms with E-state index in [2.05, 4.69) is 26.1 Å². The first-order valence-electron chi connectivity index (χ1n) is 4.81. The van der Waals surface area contributed by atoms with E-state index in [1.807, 2.05) is 6.92 Å². The molecular weight excluding hydrogens is 294 g/mol. The number of benzene rings is 1. The van der Waals surface area contributed by atoms with Crippen LogP contribution in [0, 0.1) is 5.82 Å². The largest absolute Gasteiger partial charge is 0.281 e. The van der Waals surface area contributed by atoms with Crippen LogP contribution in [0.25, 0.3) is 11.3 Å². The topological polar surface area (TPSA) is 28.7 Å². The smallest absolute Gasteiger partial charge is 0.124 e. The molecule has 0 aliphatic heterocycles. The van der Waals surface area contributed by atoms with E-state index < -0.39 is 0 Å². The number of hydrogen-bond donors (Lipinski definition) is 1. The zero-order valence-electron chi connectivity index (χ0n) is 8.52. The van der Waals surface area contributed by atoms with E-state index in [-0.39, 0.29) is 5.82 Å². The number of H-pyrrole nitrogens is 1. The third kappa shape index (κ3) is 1.99. The third-order valence-corrected chi connectivity index (χ3v) is 3.48. The number of aromatic amines is 1. The predicted octanol–water partition coefficient (Wildman–Crippen LogP) is 4.19. The molecule has 16 heavy (non-hydrogen) atoms. The Morgan fingerprint density at radius 2 is 2.25 bits per heavy atom. The molecule has 2 aromatic rings. The average molecular weight is 304 g/mol. The van der Waals surface area contributed by atoms with Crippen LogP contribution in [0.5, 0.6) is 0 Å². The van der Waals surface area contributed by atoms with Gasteiger partial charge in [-0.05, 0) is 40.5 Å². The Bertz CT molecular complexity index is 525.